The molecule has 0 saturated carbocycles. The Labute approximate surface area is 183 Å². The van der Waals surface area contributed by atoms with Gasteiger partial charge in [-0.2, -0.15) is 4.98 Å². The van der Waals surface area contributed by atoms with E-state index in [9.17, 15) is 19.2 Å². The van der Waals surface area contributed by atoms with Crippen molar-refractivity contribution in [3.8, 4) is 0 Å². The summed E-state index contributed by atoms with van der Waals surface area (Å²) in [6.07, 6.45) is 0. The number of nitrogens with zero attached hydrogens (tertiary/aromatic N) is 3. The molecule has 0 radical (unpaired) electrons. The minimum absolute atomic E-state index is 0.0174. The Kier molecular flexibility index (Phi) is 6.21. The minimum Gasteiger partial charge on any atom is -0.478 e. The van der Waals surface area contributed by atoms with E-state index in [-0.39, 0.29) is 27.3 Å². The molecule has 0 aliphatic carbocycles. The summed E-state index contributed by atoms with van der Waals surface area (Å²) >= 11 is 5.80. The minimum atomic E-state index is -1.11. The van der Waals surface area contributed by atoms with Gasteiger partial charge >= 0.3 is 17.6 Å². The van der Waals surface area contributed by atoms with Crippen LogP contribution in [0.3, 0.4) is 0 Å². The first-order valence-electron chi connectivity index (χ1n) is 8.94. The first-order valence-corrected chi connectivity index (χ1v) is 9.32. The Morgan fingerprint density at radius 2 is 1.50 bits per heavy atom. The number of carboxylic acid groups (broad SMARTS) is 2. The number of aromatic nitrogens is 4. The molecule has 0 bridgehead atoms. The first-order chi connectivity index (χ1) is 15.1. The van der Waals surface area contributed by atoms with E-state index in [1.807, 2.05) is 19.1 Å². The van der Waals surface area contributed by atoms with Crippen LogP contribution in [0.25, 0.3) is 21.8 Å². The van der Waals surface area contributed by atoms with E-state index in [1.165, 1.54) is 30.3 Å². The number of carbonyl (C=O) groups is 2. The molecule has 0 aliphatic heterocycles. The van der Waals surface area contributed by atoms with Crippen LogP contribution >= 0.6 is 11.6 Å². The third kappa shape index (κ3) is 4.73. The monoisotopic (exact) mass is 457 g/mol. The quantitative estimate of drug-likeness (QED) is 0.336. The molecule has 0 spiro atoms. The van der Waals surface area contributed by atoms with Gasteiger partial charge < -0.3 is 20.1 Å². The summed E-state index contributed by atoms with van der Waals surface area (Å²) in [5.41, 5.74) is -0.265. The zero-order valence-corrected chi connectivity index (χ0v) is 17.5. The fraction of sp³-hybridized carbons (Fsp3) is 0.100. The first kappa shape index (κ1) is 22.4. The summed E-state index contributed by atoms with van der Waals surface area (Å²) in [4.78, 5) is 58.0. The summed E-state index contributed by atoms with van der Waals surface area (Å²) in [5, 5.41) is 18.7. The van der Waals surface area contributed by atoms with Crippen LogP contribution in [0.1, 0.15) is 20.7 Å². The van der Waals surface area contributed by atoms with E-state index >= 15 is 0 Å². The van der Waals surface area contributed by atoms with Crippen molar-refractivity contribution in [1.29, 1.82) is 0 Å². The van der Waals surface area contributed by atoms with Gasteiger partial charge in [-0.15, -0.1) is 0 Å². The topological polar surface area (TPSA) is 169 Å². The number of benzene rings is 2. The predicted molar refractivity (Wildman–Crippen MR) is 118 cm³/mol. The van der Waals surface area contributed by atoms with Gasteiger partial charge in [-0.3, -0.25) is 9.78 Å². The molecule has 0 fully saturated rings. The standard InChI is InChI=1S/C11H10ClN3O2.C9H6N2O4/c1-15(2)9-7-4-3-6(10(16)17)5-8(7)13-11(12)14-9;12-7-5-2-1-4(8(13)14)3-6(5)10-9(15)11-7/h3-5H,1-2H3,(H,16,17);1-3H,(H,13,14)(H2,10,11,12,15). The summed E-state index contributed by atoms with van der Waals surface area (Å²) in [6.45, 7) is 0. The maximum Gasteiger partial charge on any atom is 0.335 e. The van der Waals surface area contributed by atoms with Crippen LogP contribution < -0.4 is 16.1 Å². The average molecular weight is 458 g/mol. The average Bonchev–Trinajstić information content (AvgIpc) is 2.72. The molecule has 0 unspecified atom stereocenters. The molecule has 0 atom stereocenters. The highest BCUT2D eigenvalue weighted by atomic mass is 35.5. The molecular weight excluding hydrogens is 442 g/mol. The van der Waals surface area contributed by atoms with Crippen molar-refractivity contribution in [3.05, 3.63) is 73.6 Å². The Morgan fingerprint density at radius 1 is 0.906 bits per heavy atom. The fourth-order valence-corrected chi connectivity index (χ4v) is 3.03. The molecule has 0 saturated heterocycles. The Bertz CT molecular complexity index is 1480. The number of hydrogen-bond donors (Lipinski definition) is 4. The zero-order valence-electron chi connectivity index (χ0n) is 16.7. The second kappa shape index (κ2) is 8.86. The molecule has 2 aromatic carbocycles. The van der Waals surface area contributed by atoms with Crippen LogP contribution in [0.4, 0.5) is 5.82 Å². The van der Waals surface area contributed by atoms with Crippen molar-refractivity contribution >= 4 is 51.2 Å². The molecule has 2 aromatic heterocycles. The molecule has 4 N–H and O–H groups in total. The van der Waals surface area contributed by atoms with Gasteiger partial charge in [0.15, 0.2) is 0 Å². The van der Waals surface area contributed by atoms with Crippen LogP contribution in [0.5, 0.6) is 0 Å². The lowest BCUT2D eigenvalue weighted by atomic mass is 10.1. The molecule has 11 nitrogen and oxygen atoms in total. The van der Waals surface area contributed by atoms with E-state index in [0.29, 0.717) is 11.3 Å². The van der Waals surface area contributed by atoms with Crippen molar-refractivity contribution in [2.24, 2.45) is 0 Å². The SMILES string of the molecule is CN(C)c1nc(Cl)nc2cc(C(=O)O)ccc12.O=C(O)c1ccc2c(=O)[nH]c(=O)[nH]c2c1. The van der Waals surface area contributed by atoms with Crippen LogP contribution in [0.2, 0.25) is 5.28 Å². The molecule has 12 heteroatoms. The maximum atomic E-state index is 11.3. The van der Waals surface area contributed by atoms with Gasteiger partial charge in [-0.25, -0.2) is 19.4 Å². The van der Waals surface area contributed by atoms with Gasteiger partial charge in [0.05, 0.1) is 27.5 Å². The van der Waals surface area contributed by atoms with Crippen molar-refractivity contribution < 1.29 is 19.8 Å². The Balaban J connectivity index is 0.000000182. The number of nitrogens with one attached hydrogen (secondary N) is 2. The van der Waals surface area contributed by atoms with E-state index < -0.39 is 23.2 Å². The van der Waals surface area contributed by atoms with Crippen LogP contribution in [-0.2, 0) is 0 Å². The highest BCUT2D eigenvalue weighted by molar-refractivity contribution is 6.28. The number of carboxylic acids is 2. The van der Waals surface area contributed by atoms with Gasteiger partial charge in [0.1, 0.15) is 5.82 Å². The smallest absolute Gasteiger partial charge is 0.335 e. The van der Waals surface area contributed by atoms with Crippen molar-refractivity contribution in [1.82, 2.24) is 19.9 Å². The number of anilines is 1. The fourth-order valence-electron chi connectivity index (χ4n) is 2.86. The van der Waals surface area contributed by atoms with E-state index in [4.69, 9.17) is 21.8 Å². The number of H-pyrrole nitrogens is 2. The summed E-state index contributed by atoms with van der Waals surface area (Å²) < 4.78 is 0. The van der Waals surface area contributed by atoms with E-state index in [0.717, 1.165) is 5.39 Å². The van der Waals surface area contributed by atoms with Gasteiger partial charge in [-0.05, 0) is 48.0 Å². The third-order valence-electron chi connectivity index (χ3n) is 4.31. The van der Waals surface area contributed by atoms with Crippen molar-refractivity contribution in [2.45, 2.75) is 0 Å². The predicted octanol–water partition coefficient (Wildman–Crippen LogP) is 1.96. The number of halogens is 1. The Hall–Kier alpha value is -4.25. The third-order valence-corrected chi connectivity index (χ3v) is 4.48. The Morgan fingerprint density at radius 3 is 2.09 bits per heavy atom. The highest BCUT2D eigenvalue weighted by Gasteiger charge is 2.11. The number of rotatable bonds is 3. The molecule has 4 rings (SSSR count). The van der Waals surface area contributed by atoms with Crippen LogP contribution in [-0.4, -0.2) is 56.2 Å². The van der Waals surface area contributed by atoms with Crippen LogP contribution in [0, 0.1) is 0 Å². The van der Waals surface area contributed by atoms with E-state index in [1.54, 1.807) is 11.0 Å². The van der Waals surface area contributed by atoms with Gasteiger partial charge in [0.25, 0.3) is 5.56 Å². The lowest BCUT2D eigenvalue weighted by molar-refractivity contribution is 0.0686. The molecule has 0 amide bonds. The second-order valence-corrected chi connectivity index (χ2v) is 7.06. The lowest BCUT2D eigenvalue weighted by Crippen LogP contribution is -2.21. The molecule has 4 aromatic rings. The van der Waals surface area contributed by atoms with Gasteiger partial charge in [-0.1, -0.05) is 0 Å². The summed E-state index contributed by atoms with van der Waals surface area (Å²) in [7, 11) is 3.67. The van der Waals surface area contributed by atoms with Gasteiger partial charge in [0, 0.05) is 19.5 Å². The second-order valence-electron chi connectivity index (χ2n) is 6.72. The largest absolute Gasteiger partial charge is 0.478 e. The highest BCUT2D eigenvalue weighted by Crippen LogP contribution is 2.24. The van der Waals surface area contributed by atoms with Gasteiger partial charge in [0.2, 0.25) is 5.28 Å². The number of aromatic carboxylic acids is 2. The number of fused-ring (bicyclic) bond motifs is 2. The molecule has 32 heavy (non-hydrogen) atoms. The number of aromatic amines is 2. The van der Waals surface area contributed by atoms with Crippen molar-refractivity contribution in [3.63, 3.8) is 0 Å². The molecule has 2 heterocycles. The molecule has 0 aliphatic rings. The maximum absolute atomic E-state index is 11.3. The lowest BCUT2D eigenvalue weighted by Gasteiger charge is -2.14. The zero-order chi connectivity index (χ0) is 23.6. The molecule has 164 valence electrons. The number of hydrogen-bond acceptors (Lipinski definition) is 7. The normalized spacial score (nSPS) is 10.5. The van der Waals surface area contributed by atoms with E-state index in [2.05, 4.69) is 15.0 Å². The molecular formula is C20H16ClN5O6. The summed E-state index contributed by atoms with van der Waals surface area (Å²) in [6, 6.07) is 8.59. The van der Waals surface area contributed by atoms with Crippen molar-refractivity contribution in [2.75, 3.05) is 19.0 Å². The summed E-state index contributed by atoms with van der Waals surface area (Å²) in [5.74, 6) is -1.44. The van der Waals surface area contributed by atoms with Crippen LogP contribution in [0.15, 0.2) is 46.0 Å².